The van der Waals surface area contributed by atoms with Gasteiger partial charge in [-0.25, -0.2) is 0 Å². The highest BCUT2D eigenvalue weighted by atomic mass is 16.4. The average Bonchev–Trinajstić information content (AvgIpc) is 2.64. The second kappa shape index (κ2) is 5.98. The quantitative estimate of drug-likeness (QED) is 0.661. The van der Waals surface area contributed by atoms with Crippen LogP contribution in [0.5, 0.6) is 0 Å². The van der Waals surface area contributed by atoms with Crippen molar-refractivity contribution in [2.45, 2.75) is 38.1 Å². The Morgan fingerprint density at radius 1 is 1.36 bits per heavy atom. The van der Waals surface area contributed by atoms with Crippen molar-refractivity contribution in [3.05, 3.63) is 0 Å². The Kier molecular flexibility index (Phi) is 4.90. The predicted octanol–water partition coefficient (Wildman–Crippen LogP) is 0.664. The molecule has 1 fully saturated rings. The fourth-order valence-electron chi connectivity index (χ4n) is 2.15. The summed E-state index contributed by atoms with van der Waals surface area (Å²) in [6.45, 7) is 2.10. The number of hydrogen-bond donors (Lipinski definition) is 2. The Morgan fingerprint density at radius 2 is 2.00 bits per heavy atom. The molecule has 0 radical (unpaired) electrons. The van der Waals surface area contributed by atoms with Gasteiger partial charge in [-0.05, 0) is 12.8 Å². The zero-order valence-electron chi connectivity index (χ0n) is 8.61. The molecular formula is C10H20N2O2. The number of carboxylic acids is 1. The second-order valence-electron chi connectivity index (χ2n) is 3.91. The molecule has 0 saturated heterocycles. The third-order valence-electron chi connectivity index (χ3n) is 2.87. The molecule has 0 aromatic rings. The molecule has 0 aliphatic heterocycles. The van der Waals surface area contributed by atoms with Crippen LogP contribution >= 0.6 is 0 Å². The zero-order chi connectivity index (χ0) is 10.4. The van der Waals surface area contributed by atoms with Crippen LogP contribution in [0, 0.1) is 0 Å². The van der Waals surface area contributed by atoms with Gasteiger partial charge in [0, 0.05) is 25.7 Å². The fourth-order valence-corrected chi connectivity index (χ4v) is 2.15. The van der Waals surface area contributed by atoms with Crippen LogP contribution in [0.15, 0.2) is 0 Å². The van der Waals surface area contributed by atoms with E-state index >= 15 is 0 Å². The molecule has 0 amide bonds. The highest BCUT2D eigenvalue weighted by Crippen LogP contribution is 2.23. The van der Waals surface area contributed by atoms with E-state index in [4.69, 9.17) is 10.8 Å². The molecule has 0 spiro atoms. The van der Waals surface area contributed by atoms with Crippen molar-refractivity contribution in [3.8, 4) is 0 Å². The maximum absolute atomic E-state index is 10.5. The first-order valence-corrected chi connectivity index (χ1v) is 5.40. The minimum absolute atomic E-state index is 0.233. The van der Waals surface area contributed by atoms with Crippen molar-refractivity contribution >= 4 is 5.97 Å². The first kappa shape index (κ1) is 11.5. The van der Waals surface area contributed by atoms with E-state index in [2.05, 4.69) is 4.90 Å². The Hall–Kier alpha value is -0.610. The molecule has 4 heteroatoms. The molecule has 0 aromatic carbocycles. The SMILES string of the molecule is NCCN(CCC(=O)O)C1CCCC1. The number of aliphatic carboxylic acids is 1. The van der Waals surface area contributed by atoms with E-state index in [9.17, 15) is 4.79 Å². The molecule has 0 heterocycles. The van der Waals surface area contributed by atoms with Crippen LogP contribution in [-0.2, 0) is 4.79 Å². The number of nitrogens with two attached hydrogens (primary N) is 1. The molecule has 0 aromatic heterocycles. The van der Waals surface area contributed by atoms with E-state index in [0.717, 1.165) is 6.54 Å². The Bertz CT molecular complexity index is 179. The minimum atomic E-state index is -0.718. The van der Waals surface area contributed by atoms with Crippen molar-refractivity contribution in [1.29, 1.82) is 0 Å². The Balaban J connectivity index is 2.33. The molecule has 1 rings (SSSR count). The standard InChI is InChI=1S/C10H20N2O2/c11-6-8-12(7-5-10(13)14)9-3-1-2-4-9/h9H,1-8,11H2,(H,13,14). The summed E-state index contributed by atoms with van der Waals surface area (Å²) in [7, 11) is 0. The average molecular weight is 200 g/mol. The summed E-state index contributed by atoms with van der Waals surface area (Å²) >= 11 is 0. The number of nitrogens with zero attached hydrogens (tertiary/aromatic N) is 1. The number of hydrogen-bond acceptors (Lipinski definition) is 3. The zero-order valence-corrected chi connectivity index (χ0v) is 8.61. The maximum atomic E-state index is 10.5. The molecule has 82 valence electrons. The van der Waals surface area contributed by atoms with Crippen LogP contribution < -0.4 is 5.73 Å². The molecular weight excluding hydrogens is 180 g/mol. The fraction of sp³-hybridized carbons (Fsp3) is 0.900. The molecule has 4 nitrogen and oxygen atoms in total. The molecule has 3 N–H and O–H groups in total. The van der Waals surface area contributed by atoms with E-state index in [1.54, 1.807) is 0 Å². The number of carboxylic acid groups (broad SMARTS) is 1. The van der Waals surface area contributed by atoms with E-state index in [0.29, 0.717) is 19.1 Å². The first-order valence-electron chi connectivity index (χ1n) is 5.40. The van der Waals surface area contributed by atoms with E-state index in [1.165, 1.54) is 25.7 Å². The third kappa shape index (κ3) is 3.64. The van der Waals surface area contributed by atoms with Crippen molar-refractivity contribution in [1.82, 2.24) is 4.90 Å². The maximum Gasteiger partial charge on any atom is 0.304 e. The highest BCUT2D eigenvalue weighted by molar-refractivity contribution is 5.66. The normalized spacial score (nSPS) is 17.9. The summed E-state index contributed by atoms with van der Waals surface area (Å²) in [5.74, 6) is -0.718. The van der Waals surface area contributed by atoms with E-state index in [-0.39, 0.29) is 6.42 Å². The molecule has 1 saturated carbocycles. The minimum Gasteiger partial charge on any atom is -0.481 e. The lowest BCUT2D eigenvalue weighted by molar-refractivity contribution is -0.137. The van der Waals surface area contributed by atoms with Crippen LogP contribution in [0.25, 0.3) is 0 Å². The van der Waals surface area contributed by atoms with Gasteiger partial charge in [0.25, 0.3) is 0 Å². The van der Waals surface area contributed by atoms with E-state index in [1.807, 2.05) is 0 Å². The number of carbonyl (C=O) groups is 1. The van der Waals surface area contributed by atoms with Gasteiger partial charge in [0.2, 0.25) is 0 Å². The smallest absolute Gasteiger partial charge is 0.304 e. The molecule has 0 atom stereocenters. The van der Waals surface area contributed by atoms with Gasteiger partial charge in [0.05, 0.1) is 6.42 Å². The summed E-state index contributed by atoms with van der Waals surface area (Å²) in [5, 5.41) is 8.62. The van der Waals surface area contributed by atoms with Crippen LogP contribution in [-0.4, -0.2) is 41.7 Å². The van der Waals surface area contributed by atoms with Gasteiger partial charge in [-0.3, -0.25) is 9.69 Å². The summed E-state index contributed by atoms with van der Waals surface area (Å²) in [6.07, 6.45) is 5.20. The summed E-state index contributed by atoms with van der Waals surface area (Å²) in [6, 6.07) is 0.581. The van der Waals surface area contributed by atoms with Gasteiger partial charge in [0.1, 0.15) is 0 Å². The Labute approximate surface area is 85.1 Å². The lowest BCUT2D eigenvalue weighted by Gasteiger charge is -2.27. The highest BCUT2D eigenvalue weighted by Gasteiger charge is 2.21. The Morgan fingerprint density at radius 3 is 2.50 bits per heavy atom. The lowest BCUT2D eigenvalue weighted by atomic mass is 10.2. The van der Waals surface area contributed by atoms with Gasteiger partial charge < -0.3 is 10.8 Å². The number of rotatable bonds is 6. The van der Waals surface area contributed by atoms with Gasteiger partial charge in [-0.1, -0.05) is 12.8 Å². The monoisotopic (exact) mass is 200 g/mol. The van der Waals surface area contributed by atoms with Crippen LogP contribution in [0.3, 0.4) is 0 Å². The predicted molar refractivity (Wildman–Crippen MR) is 55.1 cm³/mol. The van der Waals surface area contributed by atoms with Gasteiger partial charge >= 0.3 is 5.97 Å². The van der Waals surface area contributed by atoms with E-state index < -0.39 is 5.97 Å². The van der Waals surface area contributed by atoms with Crippen LogP contribution in [0.2, 0.25) is 0 Å². The van der Waals surface area contributed by atoms with Crippen molar-refractivity contribution < 1.29 is 9.90 Å². The van der Waals surface area contributed by atoms with Crippen LogP contribution in [0.4, 0.5) is 0 Å². The summed E-state index contributed by atoms with van der Waals surface area (Å²) < 4.78 is 0. The second-order valence-corrected chi connectivity index (χ2v) is 3.91. The largest absolute Gasteiger partial charge is 0.481 e. The molecule has 1 aliphatic rings. The van der Waals surface area contributed by atoms with Crippen molar-refractivity contribution in [3.63, 3.8) is 0 Å². The lowest BCUT2D eigenvalue weighted by Crippen LogP contribution is -2.38. The molecule has 0 unspecified atom stereocenters. The van der Waals surface area contributed by atoms with Gasteiger partial charge in [0.15, 0.2) is 0 Å². The topological polar surface area (TPSA) is 66.6 Å². The third-order valence-corrected chi connectivity index (χ3v) is 2.87. The first-order chi connectivity index (χ1) is 6.74. The summed E-state index contributed by atoms with van der Waals surface area (Å²) in [4.78, 5) is 12.7. The van der Waals surface area contributed by atoms with Gasteiger partial charge in [-0.2, -0.15) is 0 Å². The molecule has 14 heavy (non-hydrogen) atoms. The molecule has 0 bridgehead atoms. The van der Waals surface area contributed by atoms with Crippen molar-refractivity contribution in [2.75, 3.05) is 19.6 Å². The van der Waals surface area contributed by atoms with Gasteiger partial charge in [-0.15, -0.1) is 0 Å². The van der Waals surface area contributed by atoms with Crippen molar-refractivity contribution in [2.24, 2.45) is 5.73 Å². The van der Waals surface area contributed by atoms with Crippen LogP contribution in [0.1, 0.15) is 32.1 Å². The molecule has 1 aliphatic carbocycles. The summed E-state index contributed by atoms with van der Waals surface area (Å²) in [5.41, 5.74) is 5.51.